The van der Waals surface area contributed by atoms with Crippen molar-refractivity contribution in [3.8, 4) is 6.07 Å². The summed E-state index contributed by atoms with van der Waals surface area (Å²) in [6, 6.07) is 1.86. The summed E-state index contributed by atoms with van der Waals surface area (Å²) < 4.78 is 78.2. The van der Waals surface area contributed by atoms with Crippen LogP contribution in [-0.2, 0) is 12.4 Å². The number of halogens is 6. The second kappa shape index (κ2) is 5.49. The van der Waals surface area contributed by atoms with Gasteiger partial charge >= 0.3 is 18.2 Å². The zero-order chi connectivity index (χ0) is 19.3. The van der Waals surface area contributed by atoms with E-state index in [1.54, 1.807) is 0 Å². The van der Waals surface area contributed by atoms with Crippen LogP contribution in [0.15, 0.2) is 12.1 Å². The third-order valence-corrected chi connectivity index (χ3v) is 3.22. The summed E-state index contributed by atoms with van der Waals surface area (Å²) in [7, 11) is 0. The van der Waals surface area contributed by atoms with Crippen LogP contribution in [-0.4, -0.2) is 19.9 Å². The van der Waals surface area contributed by atoms with E-state index >= 15 is 0 Å². The molecule has 3 aromatic rings. The van der Waals surface area contributed by atoms with Gasteiger partial charge in [0.15, 0.2) is 5.69 Å². The molecule has 12 heteroatoms. The second-order valence-electron chi connectivity index (χ2n) is 4.88. The first kappa shape index (κ1) is 17.3. The van der Waals surface area contributed by atoms with Gasteiger partial charge < -0.3 is 4.85 Å². The average molecular weight is 368 g/mol. The molecule has 2 aromatic heterocycles. The molecule has 0 aliphatic carbocycles. The Labute approximate surface area is 139 Å². The largest absolute Gasteiger partial charge is 0.418 e. The van der Waals surface area contributed by atoms with Crippen LogP contribution in [0, 0.1) is 17.9 Å². The molecule has 0 saturated carbocycles. The van der Waals surface area contributed by atoms with Gasteiger partial charge in [-0.1, -0.05) is 11.6 Å². The highest BCUT2D eigenvalue weighted by molar-refractivity contribution is 5.86. The number of rotatable bonds is 0. The Morgan fingerprint density at radius 2 is 1.58 bits per heavy atom. The van der Waals surface area contributed by atoms with E-state index in [0.29, 0.717) is 6.07 Å². The van der Waals surface area contributed by atoms with E-state index in [2.05, 4.69) is 24.8 Å². The molecule has 0 aliphatic heterocycles. The predicted molar refractivity (Wildman–Crippen MR) is 73.6 cm³/mol. The molecule has 130 valence electrons. The highest BCUT2D eigenvalue weighted by atomic mass is 19.4. The number of nitriles is 1. The Balaban J connectivity index is 2.47. The molecule has 26 heavy (non-hydrogen) atoms. The number of aromatic nitrogens is 4. The number of hydrogen-bond acceptors (Lipinski definition) is 5. The van der Waals surface area contributed by atoms with Crippen molar-refractivity contribution in [1.82, 2.24) is 19.9 Å². The minimum atomic E-state index is -5.14. The van der Waals surface area contributed by atoms with Crippen LogP contribution < -0.4 is 0 Å². The van der Waals surface area contributed by atoms with Gasteiger partial charge in [0.25, 0.3) is 5.65 Å². The van der Waals surface area contributed by atoms with E-state index in [9.17, 15) is 26.3 Å². The lowest BCUT2D eigenvalue weighted by Gasteiger charge is -2.13. The van der Waals surface area contributed by atoms with E-state index in [4.69, 9.17) is 11.8 Å². The Morgan fingerprint density at radius 1 is 0.923 bits per heavy atom. The average Bonchev–Trinajstić information content (AvgIpc) is 2.55. The summed E-state index contributed by atoms with van der Waals surface area (Å²) in [4.78, 5) is 17.3. The quantitative estimate of drug-likeness (QED) is 0.340. The second-order valence-corrected chi connectivity index (χ2v) is 4.88. The first-order valence-corrected chi connectivity index (χ1v) is 6.50. The molecule has 0 atom stereocenters. The fourth-order valence-electron chi connectivity index (χ4n) is 2.13. The molecule has 2 heterocycles. The highest BCUT2D eigenvalue weighted by Crippen LogP contribution is 2.39. The molecule has 6 nitrogen and oxygen atoms in total. The maximum atomic E-state index is 13.2. The maximum Gasteiger partial charge on any atom is 0.418 e. The molecule has 0 unspecified atom stereocenters. The molecular weight excluding hydrogens is 366 g/mol. The van der Waals surface area contributed by atoms with Crippen molar-refractivity contribution in [3.05, 3.63) is 40.4 Å². The smallest absolute Gasteiger partial charge is 0.358 e. The molecule has 0 aliphatic rings. The van der Waals surface area contributed by atoms with E-state index in [1.807, 2.05) is 0 Å². The van der Waals surface area contributed by atoms with Crippen LogP contribution in [0.1, 0.15) is 16.8 Å². The van der Waals surface area contributed by atoms with Crippen molar-refractivity contribution < 1.29 is 26.3 Å². The Morgan fingerprint density at radius 3 is 2.12 bits per heavy atom. The van der Waals surface area contributed by atoms with E-state index in [1.165, 1.54) is 6.07 Å². The van der Waals surface area contributed by atoms with Crippen LogP contribution in [0.3, 0.4) is 0 Å². The number of fused-ring (bicyclic) bond motifs is 2. The van der Waals surface area contributed by atoms with Crippen molar-refractivity contribution >= 4 is 28.1 Å². The highest BCUT2D eigenvalue weighted by Gasteiger charge is 2.39. The zero-order valence-electron chi connectivity index (χ0n) is 12.1. The van der Waals surface area contributed by atoms with Crippen molar-refractivity contribution in [2.24, 2.45) is 0 Å². The molecule has 3 rings (SSSR count). The van der Waals surface area contributed by atoms with Gasteiger partial charge in [0.05, 0.1) is 16.6 Å². The first-order valence-electron chi connectivity index (χ1n) is 6.50. The van der Waals surface area contributed by atoms with Crippen molar-refractivity contribution in [1.29, 1.82) is 5.26 Å². The lowest BCUT2D eigenvalue weighted by molar-refractivity contribution is -0.142. The maximum absolute atomic E-state index is 13.2. The van der Waals surface area contributed by atoms with Crippen LogP contribution in [0.25, 0.3) is 27.2 Å². The fraction of sp³-hybridized carbons (Fsp3) is 0.143. The molecule has 1 aromatic carbocycles. The number of hydrogen-bond donors (Lipinski definition) is 0. The minimum absolute atomic E-state index is 0.0744. The third-order valence-electron chi connectivity index (χ3n) is 3.22. The van der Waals surface area contributed by atoms with Gasteiger partial charge in [0.1, 0.15) is 11.6 Å². The summed E-state index contributed by atoms with van der Waals surface area (Å²) in [6.45, 7) is 6.88. The zero-order valence-corrected chi connectivity index (χ0v) is 12.1. The standard InChI is InChI=1S/C14H2F6N6/c1-22-10-8(4-21)24-11-12(26-10)23-7-3-5(13(15,16)17)2-6(9(7)25-11)14(18,19)20/h2-3H. The van der Waals surface area contributed by atoms with Crippen LogP contribution in [0.5, 0.6) is 0 Å². The monoisotopic (exact) mass is 368 g/mol. The minimum Gasteiger partial charge on any atom is -0.358 e. The summed E-state index contributed by atoms with van der Waals surface area (Å²) >= 11 is 0. The molecule has 0 saturated heterocycles. The van der Waals surface area contributed by atoms with Gasteiger partial charge in [-0.3, -0.25) is 0 Å². The summed E-state index contributed by atoms with van der Waals surface area (Å²) in [5.41, 5.74) is -6.21. The lowest BCUT2D eigenvalue weighted by atomic mass is 10.1. The summed E-state index contributed by atoms with van der Waals surface area (Å²) in [6.07, 6.45) is -10.2. The van der Waals surface area contributed by atoms with Gasteiger partial charge in [-0.25, -0.2) is 15.0 Å². The van der Waals surface area contributed by atoms with Gasteiger partial charge in [0.2, 0.25) is 5.65 Å². The molecular formula is C14H2F6N6. The molecule has 0 bridgehead atoms. The van der Waals surface area contributed by atoms with Crippen molar-refractivity contribution in [2.45, 2.75) is 12.4 Å². The van der Waals surface area contributed by atoms with E-state index in [0.717, 1.165) is 0 Å². The van der Waals surface area contributed by atoms with Crippen LogP contribution >= 0.6 is 0 Å². The molecule has 0 radical (unpaired) electrons. The third kappa shape index (κ3) is 2.82. The van der Waals surface area contributed by atoms with E-state index < -0.39 is 57.3 Å². The van der Waals surface area contributed by atoms with Crippen LogP contribution in [0.4, 0.5) is 32.2 Å². The van der Waals surface area contributed by atoms with Crippen molar-refractivity contribution in [2.75, 3.05) is 0 Å². The number of nitrogens with zero attached hydrogens (tertiary/aromatic N) is 6. The number of benzene rings is 1. The first-order chi connectivity index (χ1) is 12.0. The molecule has 0 spiro atoms. The normalized spacial score (nSPS) is 12.2. The lowest BCUT2D eigenvalue weighted by Crippen LogP contribution is -2.13. The molecule has 0 N–H and O–H groups in total. The van der Waals surface area contributed by atoms with Crippen molar-refractivity contribution in [3.63, 3.8) is 0 Å². The van der Waals surface area contributed by atoms with Gasteiger partial charge in [-0.05, 0) is 12.1 Å². The Kier molecular flexibility index (Phi) is 3.65. The molecule has 0 amide bonds. The van der Waals surface area contributed by atoms with E-state index in [-0.39, 0.29) is 6.07 Å². The van der Waals surface area contributed by atoms with Gasteiger partial charge in [-0.2, -0.15) is 31.6 Å². The predicted octanol–water partition coefficient (Wildman–Crippen LogP) is 4.03. The summed E-state index contributed by atoms with van der Waals surface area (Å²) in [5, 5.41) is 8.88. The SMILES string of the molecule is [C-]#[N+]c1nc2nc3cc(C(F)(F)F)cc(C(F)(F)F)c3nc2nc1C#N. The fourth-order valence-corrected chi connectivity index (χ4v) is 2.13. The Bertz CT molecular complexity index is 1140. The molecule has 0 fully saturated rings. The van der Waals surface area contributed by atoms with Gasteiger partial charge in [-0.15, -0.1) is 0 Å². The topological polar surface area (TPSA) is 79.7 Å². The summed E-state index contributed by atoms with van der Waals surface area (Å²) in [5.74, 6) is -0.489. The number of alkyl halides is 6. The van der Waals surface area contributed by atoms with Gasteiger partial charge in [0, 0.05) is 0 Å². The van der Waals surface area contributed by atoms with Crippen LogP contribution in [0.2, 0.25) is 0 Å². The Hall–Kier alpha value is -3.54.